The molecular formula is C18H22Cl2N2O. The number of carbonyl (C=O) groups is 1. The molecule has 1 heterocycles. The molecule has 2 aliphatic rings. The van der Waals surface area contributed by atoms with E-state index < -0.39 is 9.75 Å². The molecule has 3 rings (SSSR count). The number of carbonyl (C=O) groups excluding carboxylic acids is 1. The van der Waals surface area contributed by atoms with Gasteiger partial charge in [0, 0.05) is 32.7 Å². The van der Waals surface area contributed by atoms with Crippen molar-refractivity contribution >= 4 is 35.2 Å². The number of hydrogen-bond donors (Lipinski definition) is 0. The summed E-state index contributed by atoms with van der Waals surface area (Å²) in [5.74, 6) is 0.0991. The van der Waals surface area contributed by atoms with Crippen LogP contribution in [0.2, 0.25) is 0 Å². The van der Waals surface area contributed by atoms with E-state index in [0.717, 1.165) is 32.7 Å². The van der Waals surface area contributed by atoms with E-state index in [-0.39, 0.29) is 5.91 Å². The number of alkyl halides is 2. The largest absolute Gasteiger partial charge is 0.340 e. The zero-order valence-corrected chi connectivity index (χ0v) is 14.9. The predicted octanol–water partition coefficient (Wildman–Crippen LogP) is 3.43. The second-order valence-corrected chi connectivity index (χ2v) is 8.10. The van der Waals surface area contributed by atoms with Crippen molar-refractivity contribution in [2.45, 2.75) is 17.7 Å². The summed E-state index contributed by atoms with van der Waals surface area (Å²) in [7, 11) is 0. The summed E-state index contributed by atoms with van der Waals surface area (Å²) in [6.07, 6.45) is 4.87. The van der Waals surface area contributed by atoms with E-state index in [2.05, 4.69) is 29.2 Å². The minimum atomic E-state index is -0.875. The molecule has 1 amide bonds. The molecule has 3 nitrogen and oxygen atoms in total. The fraction of sp³-hybridized carbons (Fsp3) is 0.500. The van der Waals surface area contributed by atoms with Gasteiger partial charge in [0.15, 0.2) is 0 Å². The Morgan fingerprint density at radius 1 is 1.17 bits per heavy atom. The van der Waals surface area contributed by atoms with Gasteiger partial charge in [-0.25, -0.2) is 0 Å². The Hall–Kier alpha value is -1.03. The van der Waals surface area contributed by atoms with Crippen molar-refractivity contribution in [2.24, 2.45) is 5.41 Å². The topological polar surface area (TPSA) is 23.6 Å². The predicted molar refractivity (Wildman–Crippen MR) is 95.7 cm³/mol. The number of nitrogens with zero attached hydrogens (tertiary/aromatic N) is 2. The molecule has 1 aliphatic carbocycles. The fourth-order valence-electron chi connectivity index (χ4n) is 3.02. The summed E-state index contributed by atoms with van der Waals surface area (Å²) in [5, 5.41) is 0. The molecule has 0 bridgehead atoms. The van der Waals surface area contributed by atoms with Crippen LogP contribution in [0.1, 0.15) is 18.9 Å². The van der Waals surface area contributed by atoms with Crippen LogP contribution in [0.4, 0.5) is 0 Å². The summed E-state index contributed by atoms with van der Waals surface area (Å²) in [6, 6.07) is 10.3. The van der Waals surface area contributed by atoms with E-state index in [0.29, 0.717) is 6.42 Å². The molecule has 2 fully saturated rings. The van der Waals surface area contributed by atoms with E-state index in [9.17, 15) is 4.79 Å². The molecule has 1 aliphatic heterocycles. The Labute approximate surface area is 147 Å². The van der Waals surface area contributed by atoms with Gasteiger partial charge in [0.1, 0.15) is 4.33 Å². The SMILES string of the molecule is C[C@@]1(C(=O)N2CCN(C/C=C/c3ccccc3)CC2)CC1(Cl)Cl. The van der Waals surface area contributed by atoms with E-state index in [1.807, 2.05) is 30.0 Å². The molecule has 5 heteroatoms. The van der Waals surface area contributed by atoms with Crippen LogP contribution < -0.4 is 0 Å². The molecule has 23 heavy (non-hydrogen) atoms. The minimum Gasteiger partial charge on any atom is -0.340 e. The van der Waals surface area contributed by atoms with Gasteiger partial charge in [-0.15, -0.1) is 23.2 Å². The van der Waals surface area contributed by atoms with Gasteiger partial charge in [-0.3, -0.25) is 9.69 Å². The molecule has 0 radical (unpaired) electrons. The van der Waals surface area contributed by atoms with Crippen LogP contribution in [-0.2, 0) is 4.79 Å². The molecule has 1 aromatic rings. The van der Waals surface area contributed by atoms with Gasteiger partial charge in [0.25, 0.3) is 0 Å². The lowest BCUT2D eigenvalue weighted by Gasteiger charge is -2.35. The van der Waals surface area contributed by atoms with E-state index in [1.165, 1.54) is 5.56 Å². The lowest BCUT2D eigenvalue weighted by atomic mass is 10.1. The first kappa shape index (κ1) is 16.8. The van der Waals surface area contributed by atoms with Crippen molar-refractivity contribution in [1.82, 2.24) is 9.80 Å². The van der Waals surface area contributed by atoms with Crippen LogP contribution in [-0.4, -0.2) is 52.8 Å². The van der Waals surface area contributed by atoms with Gasteiger partial charge < -0.3 is 4.90 Å². The van der Waals surface area contributed by atoms with Crippen LogP contribution in [0.3, 0.4) is 0 Å². The van der Waals surface area contributed by atoms with Crippen LogP contribution in [0.15, 0.2) is 36.4 Å². The van der Waals surface area contributed by atoms with Crippen LogP contribution in [0.5, 0.6) is 0 Å². The van der Waals surface area contributed by atoms with E-state index in [1.54, 1.807) is 0 Å². The highest BCUT2D eigenvalue weighted by atomic mass is 35.5. The normalized spacial score (nSPS) is 27.3. The summed E-state index contributed by atoms with van der Waals surface area (Å²) >= 11 is 12.2. The van der Waals surface area contributed by atoms with Crippen molar-refractivity contribution in [3.05, 3.63) is 42.0 Å². The minimum absolute atomic E-state index is 0.0991. The standard InChI is InChI=1S/C18H22Cl2N2O/c1-17(14-18(17,19)20)16(23)22-12-10-21(11-13-22)9-5-8-15-6-3-2-4-7-15/h2-8H,9-14H2,1H3/b8-5+/t17-/m0/s1. The Balaban J connectivity index is 1.46. The summed E-state index contributed by atoms with van der Waals surface area (Å²) in [4.78, 5) is 16.8. The zero-order valence-electron chi connectivity index (χ0n) is 13.3. The number of benzene rings is 1. The number of piperazine rings is 1. The van der Waals surface area contributed by atoms with E-state index in [4.69, 9.17) is 23.2 Å². The summed E-state index contributed by atoms with van der Waals surface area (Å²) in [5.41, 5.74) is 0.620. The highest BCUT2D eigenvalue weighted by Gasteiger charge is 2.68. The average Bonchev–Trinajstić information content (AvgIpc) is 3.08. The smallest absolute Gasteiger partial charge is 0.231 e. The molecule has 1 saturated carbocycles. The van der Waals surface area contributed by atoms with E-state index >= 15 is 0 Å². The maximum atomic E-state index is 12.5. The second kappa shape index (κ2) is 6.46. The molecule has 0 spiro atoms. The molecule has 1 saturated heterocycles. The molecule has 124 valence electrons. The van der Waals surface area contributed by atoms with Crippen molar-refractivity contribution in [2.75, 3.05) is 32.7 Å². The van der Waals surface area contributed by atoms with Gasteiger partial charge in [0.2, 0.25) is 5.91 Å². The van der Waals surface area contributed by atoms with Gasteiger partial charge in [-0.1, -0.05) is 42.5 Å². The third kappa shape index (κ3) is 3.57. The van der Waals surface area contributed by atoms with Gasteiger partial charge in [-0.2, -0.15) is 0 Å². The quantitative estimate of drug-likeness (QED) is 0.775. The first-order valence-corrected chi connectivity index (χ1v) is 8.79. The highest BCUT2D eigenvalue weighted by Crippen LogP contribution is 2.64. The van der Waals surface area contributed by atoms with Gasteiger partial charge in [0.05, 0.1) is 5.41 Å². The van der Waals surface area contributed by atoms with Crippen molar-refractivity contribution in [3.63, 3.8) is 0 Å². The number of halogens is 2. The number of amides is 1. The van der Waals surface area contributed by atoms with Gasteiger partial charge >= 0.3 is 0 Å². The van der Waals surface area contributed by atoms with Crippen molar-refractivity contribution < 1.29 is 4.79 Å². The molecule has 0 unspecified atom stereocenters. The third-order valence-electron chi connectivity index (χ3n) is 4.86. The van der Waals surface area contributed by atoms with Crippen molar-refractivity contribution in [1.29, 1.82) is 0 Å². The third-order valence-corrected chi connectivity index (χ3v) is 5.96. The average molecular weight is 353 g/mol. The Kier molecular flexibility index (Phi) is 4.73. The van der Waals surface area contributed by atoms with Crippen LogP contribution in [0.25, 0.3) is 6.08 Å². The van der Waals surface area contributed by atoms with Crippen molar-refractivity contribution in [3.8, 4) is 0 Å². The Morgan fingerprint density at radius 2 is 1.78 bits per heavy atom. The van der Waals surface area contributed by atoms with Gasteiger partial charge in [-0.05, 0) is 18.9 Å². The molecule has 0 N–H and O–H groups in total. The maximum Gasteiger partial charge on any atom is 0.231 e. The molecule has 0 aromatic heterocycles. The second-order valence-electron chi connectivity index (χ2n) is 6.62. The lowest BCUT2D eigenvalue weighted by Crippen LogP contribution is -2.51. The van der Waals surface area contributed by atoms with Crippen LogP contribution >= 0.6 is 23.2 Å². The fourth-order valence-corrected chi connectivity index (χ4v) is 3.71. The summed E-state index contributed by atoms with van der Waals surface area (Å²) in [6.45, 7) is 6.04. The zero-order chi connectivity index (χ0) is 16.5. The maximum absolute atomic E-state index is 12.5. The lowest BCUT2D eigenvalue weighted by molar-refractivity contribution is -0.138. The monoisotopic (exact) mass is 352 g/mol. The number of rotatable bonds is 4. The highest BCUT2D eigenvalue weighted by molar-refractivity contribution is 6.53. The number of hydrogen-bond acceptors (Lipinski definition) is 2. The Morgan fingerprint density at radius 3 is 2.35 bits per heavy atom. The first-order valence-electron chi connectivity index (χ1n) is 8.03. The van der Waals surface area contributed by atoms with Crippen LogP contribution in [0, 0.1) is 5.41 Å². The molecule has 1 aromatic carbocycles. The summed E-state index contributed by atoms with van der Waals surface area (Å²) < 4.78 is -0.875. The first-order chi connectivity index (χ1) is 10.9. The Bertz CT molecular complexity index is 594. The molecular weight excluding hydrogens is 331 g/mol. The molecule has 1 atom stereocenters.